The van der Waals surface area contributed by atoms with Gasteiger partial charge in [-0.3, -0.25) is 0 Å². The lowest BCUT2D eigenvalue weighted by molar-refractivity contribution is 1.29. The molecule has 0 bridgehead atoms. The predicted molar refractivity (Wildman–Crippen MR) is 172 cm³/mol. The summed E-state index contributed by atoms with van der Waals surface area (Å²) in [5.74, 6) is 0. The molecule has 8 aromatic rings. The smallest absolute Gasteiger partial charge is 0.124 e. The van der Waals surface area contributed by atoms with Crippen LogP contribution in [0.5, 0.6) is 0 Å². The van der Waals surface area contributed by atoms with Crippen LogP contribution in [0.4, 0.5) is 0 Å². The molecule has 0 aliphatic rings. The van der Waals surface area contributed by atoms with Crippen LogP contribution in [0.2, 0.25) is 0 Å². The molecule has 0 N–H and O–H groups in total. The van der Waals surface area contributed by atoms with Crippen molar-refractivity contribution in [1.82, 2.24) is 15.0 Å². The lowest BCUT2D eigenvalue weighted by Gasteiger charge is -2.12. The maximum Gasteiger partial charge on any atom is 0.124 e. The Kier molecular flexibility index (Phi) is 5.64. The van der Waals surface area contributed by atoms with E-state index in [9.17, 15) is 0 Å². The van der Waals surface area contributed by atoms with E-state index in [1.807, 2.05) is 36.4 Å². The van der Waals surface area contributed by atoms with E-state index < -0.39 is 0 Å². The van der Waals surface area contributed by atoms with Crippen LogP contribution in [0.25, 0.3) is 76.2 Å². The number of para-hydroxylation sites is 2. The highest BCUT2D eigenvalue weighted by Crippen LogP contribution is 2.38. The van der Waals surface area contributed by atoms with Crippen molar-refractivity contribution in [1.29, 1.82) is 0 Å². The number of aromatic nitrogens is 3. The zero-order chi connectivity index (χ0) is 27.2. The van der Waals surface area contributed by atoms with Gasteiger partial charge in [-0.2, -0.15) is 0 Å². The third-order valence-electron chi connectivity index (χ3n) is 7.50. The summed E-state index contributed by atoms with van der Waals surface area (Å²) in [6.45, 7) is 0. The lowest BCUT2D eigenvalue weighted by Crippen LogP contribution is -1.95. The molecule has 0 radical (unpaired) electrons. The predicted octanol–water partition coefficient (Wildman–Crippen LogP) is 10.1. The number of fused-ring (bicyclic) bond motifs is 4. The molecule has 0 aliphatic heterocycles. The second kappa shape index (κ2) is 9.77. The van der Waals surface area contributed by atoms with E-state index in [4.69, 9.17) is 15.0 Å². The molecule has 4 heteroatoms. The minimum Gasteiger partial charge on any atom is -0.244 e. The highest BCUT2D eigenvalue weighted by atomic mass is 32.1. The molecule has 0 saturated heterocycles. The van der Waals surface area contributed by atoms with Crippen molar-refractivity contribution in [2.75, 3.05) is 0 Å². The van der Waals surface area contributed by atoms with Gasteiger partial charge in [-0.15, -0.1) is 11.3 Å². The van der Waals surface area contributed by atoms with Gasteiger partial charge in [0.25, 0.3) is 0 Å². The number of hydrogen-bond acceptors (Lipinski definition) is 4. The van der Waals surface area contributed by atoms with E-state index in [1.54, 1.807) is 11.3 Å². The Morgan fingerprint density at radius 2 is 0.927 bits per heavy atom. The summed E-state index contributed by atoms with van der Waals surface area (Å²) >= 11 is 1.74. The first-order valence-corrected chi connectivity index (χ1v) is 14.4. The van der Waals surface area contributed by atoms with Gasteiger partial charge < -0.3 is 0 Å². The molecular weight excluding hydrogens is 518 g/mol. The Morgan fingerprint density at radius 3 is 1.63 bits per heavy atom. The quantitative estimate of drug-likeness (QED) is 0.222. The molecule has 2 aromatic heterocycles. The molecule has 0 aliphatic carbocycles. The molecule has 0 saturated carbocycles. The van der Waals surface area contributed by atoms with Gasteiger partial charge in [-0.25, -0.2) is 15.0 Å². The first-order valence-electron chi connectivity index (χ1n) is 13.6. The molecule has 0 fully saturated rings. The normalized spacial score (nSPS) is 11.4. The molecule has 0 spiro atoms. The molecule has 192 valence electrons. The van der Waals surface area contributed by atoms with Gasteiger partial charge in [0.2, 0.25) is 0 Å². The number of rotatable bonds is 4. The number of nitrogens with zero attached hydrogens (tertiary/aromatic N) is 3. The van der Waals surface area contributed by atoms with Gasteiger partial charge in [0.05, 0.1) is 32.6 Å². The van der Waals surface area contributed by atoms with E-state index in [-0.39, 0.29) is 0 Å². The number of thiazole rings is 1. The van der Waals surface area contributed by atoms with Gasteiger partial charge >= 0.3 is 0 Å². The minimum absolute atomic E-state index is 0.878. The van der Waals surface area contributed by atoms with E-state index >= 15 is 0 Å². The topological polar surface area (TPSA) is 38.7 Å². The molecule has 2 heterocycles. The number of hydrogen-bond donors (Lipinski definition) is 0. The van der Waals surface area contributed by atoms with Crippen molar-refractivity contribution in [2.45, 2.75) is 0 Å². The van der Waals surface area contributed by atoms with Gasteiger partial charge in [0.15, 0.2) is 0 Å². The molecule has 0 unspecified atom stereocenters. The summed E-state index contributed by atoms with van der Waals surface area (Å²) in [5, 5.41) is 3.40. The van der Waals surface area contributed by atoms with Crippen LogP contribution in [-0.4, -0.2) is 15.0 Å². The van der Waals surface area contributed by atoms with Crippen LogP contribution >= 0.6 is 11.3 Å². The molecular formula is C37H23N3S. The lowest BCUT2D eigenvalue weighted by atomic mass is 9.98. The van der Waals surface area contributed by atoms with Crippen LogP contribution in [0.15, 0.2) is 140 Å². The van der Waals surface area contributed by atoms with Crippen molar-refractivity contribution in [3.8, 4) is 44.2 Å². The van der Waals surface area contributed by atoms with Gasteiger partial charge in [0.1, 0.15) is 5.01 Å². The summed E-state index contributed by atoms with van der Waals surface area (Å²) in [7, 11) is 0. The Balaban J connectivity index is 1.31. The van der Waals surface area contributed by atoms with Crippen molar-refractivity contribution in [2.24, 2.45) is 0 Å². The number of benzene rings is 6. The summed E-state index contributed by atoms with van der Waals surface area (Å²) < 4.78 is 1.19. The fourth-order valence-electron chi connectivity index (χ4n) is 5.41. The Hall–Kier alpha value is -5.19. The third kappa shape index (κ3) is 4.26. The van der Waals surface area contributed by atoms with Crippen LogP contribution in [0.1, 0.15) is 0 Å². The molecule has 6 aromatic carbocycles. The zero-order valence-electron chi connectivity index (χ0n) is 22.0. The minimum atomic E-state index is 0.878. The van der Waals surface area contributed by atoms with Crippen LogP contribution in [0, 0.1) is 0 Å². The summed E-state index contributed by atoms with van der Waals surface area (Å²) in [4.78, 5) is 15.3. The van der Waals surface area contributed by atoms with Crippen LogP contribution in [-0.2, 0) is 0 Å². The second-order valence-electron chi connectivity index (χ2n) is 10.1. The summed E-state index contributed by atoms with van der Waals surface area (Å²) in [6.07, 6.45) is 0. The van der Waals surface area contributed by atoms with Crippen molar-refractivity contribution in [3.63, 3.8) is 0 Å². The first kappa shape index (κ1) is 23.7. The summed E-state index contributed by atoms with van der Waals surface area (Å²) in [5.41, 5.74) is 10.1. The Bertz CT molecular complexity index is 2180. The highest BCUT2D eigenvalue weighted by Gasteiger charge is 2.16. The molecule has 41 heavy (non-hydrogen) atoms. The van der Waals surface area contributed by atoms with Gasteiger partial charge in [0, 0.05) is 22.1 Å². The standard InChI is InChI=1S/C37H23N3S/c1-3-9-24(10-4-1)25-15-18-27(19-16-25)34-35(39-32-14-8-7-13-31(32)38-34)29-20-17-26-21-22-33-36(30(26)23-29)41-37(40-33)28-11-5-2-6-12-28/h1-23H. The zero-order valence-corrected chi connectivity index (χ0v) is 22.8. The Morgan fingerprint density at radius 1 is 0.390 bits per heavy atom. The molecule has 0 amide bonds. The average molecular weight is 542 g/mol. The monoisotopic (exact) mass is 541 g/mol. The van der Waals surface area contributed by atoms with Crippen LogP contribution in [0.3, 0.4) is 0 Å². The second-order valence-corrected chi connectivity index (χ2v) is 11.1. The first-order chi connectivity index (χ1) is 20.3. The molecule has 8 rings (SSSR count). The van der Waals surface area contributed by atoms with Gasteiger partial charge in [-0.05, 0) is 40.8 Å². The maximum atomic E-state index is 5.17. The molecule has 0 atom stereocenters. The van der Waals surface area contributed by atoms with E-state index in [0.29, 0.717) is 0 Å². The largest absolute Gasteiger partial charge is 0.244 e. The van der Waals surface area contributed by atoms with E-state index in [2.05, 4.69) is 103 Å². The Labute approximate surface area is 241 Å². The van der Waals surface area contributed by atoms with Crippen molar-refractivity contribution in [3.05, 3.63) is 140 Å². The van der Waals surface area contributed by atoms with Crippen molar-refractivity contribution < 1.29 is 0 Å². The highest BCUT2D eigenvalue weighted by molar-refractivity contribution is 7.22. The van der Waals surface area contributed by atoms with Crippen molar-refractivity contribution >= 4 is 43.4 Å². The SMILES string of the molecule is c1ccc(-c2ccc(-c3nc4ccccc4nc3-c3ccc4ccc5nc(-c6ccccc6)sc5c4c3)cc2)cc1. The van der Waals surface area contributed by atoms with Gasteiger partial charge in [-0.1, -0.05) is 115 Å². The maximum absolute atomic E-state index is 5.17. The average Bonchev–Trinajstić information content (AvgIpc) is 3.50. The third-order valence-corrected chi connectivity index (χ3v) is 8.66. The fourth-order valence-corrected chi connectivity index (χ4v) is 6.51. The van der Waals surface area contributed by atoms with E-state index in [1.165, 1.54) is 26.6 Å². The van der Waals surface area contributed by atoms with Crippen LogP contribution < -0.4 is 0 Å². The summed E-state index contributed by atoms with van der Waals surface area (Å²) in [6, 6.07) is 48.4. The van der Waals surface area contributed by atoms with E-state index in [0.717, 1.165) is 49.6 Å². The molecule has 3 nitrogen and oxygen atoms in total. The fraction of sp³-hybridized carbons (Fsp3) is 0.